The molecule has 0 aliphatic carbocycles. The van der Waals surface area contributed by atoms with Crippen LogP contribution < -0.4 is 9.46 Å². The summed E-state index contributed by atoms with van der Waals surface area (Å²) in [6, 6.07) is 9.23. The van der Waals surface area contributed by atoms with Gasteiger partial charge in [0.15, 0.2) is 11.6 Å². The molecule has 0 unspecified atom stereocenters. The number of methoxy groups -OCH3 is 1. The molecule has 0 bridgehead atoms. The van der Waals surface area contributed by atoms with E-state index in [1.165, 1.54) is 25.4 Å². The molecule has 0 fully saturated rings. The van der Waals surface area contributed by atoms with Gasteiger partial charge in [-0.15, -0.1) is 0 Å². The minimum Gasteiger partial charge on any atom is -0.493 e. The molecule has 1 aromatic heterocycles. The number of ether oxygens (including phenoxy) is 1. The summed E-state index contributed by atoms with van der Waals surface area (Å²) in [5.74, 6) is 0.470. The summed E-state index contributed by atoms with van der Waals surface area (Å²) < 4.78 is 31.7. The van der Waals surface area contributed by atoms with Gasteiger partial charge in [0.25, 0.3) is 10.0 Å². The van der Waals surface area contributed by atoms with Gasteiger partial charge >= 0.3 is 0 Å². The highest BCUT2D eigenvalue weighted by atomic mass is 35.5. The molecule has 1 heterocycles. The first-order chi connectivity index (χ1) is 9.03. The standard InChI is InChI=1S/C12H11ClN2O3S/c1-18-11-6-3-7-14-12(11)15-19(16,17)10-5-2-4-9(13)8-10/h2-8H,1H3,(H,14,15). The summed E-state index contributed by atoms with van der Waals surface area (Å²) in [7, 11) is -2.31. The fourth-order valence-electron chi connectivity index (χ4n) is 1.45. The predicted molar refractivity (Wildman–Crippen MR) is 73.0 cm³/mol. The Balaban J connectivity index is 2.37. The number of hydrogen-bond donors (Lipinski definition) is 1. The zero-order valence-corrected chi connectivity index (χ0v) is 11.6. The van der Waals surface area contributed by atoms with Gasteiger partial charge in [-0.25, -0.2) is 13.4 Å². The molecular formula is C12H11ClN2O3S. The Labute approximate surface area is 116 Å². The van der Waals surface area contributed by atoms with E-state index in [0.717, 1.165) is 0 Å². The fourth-order valence-corrected chi connectivity index (χ4v) is 2.77. The Bertz CT molecular complexity index is 689. The average molecular weight is 299 g/mol. The van der Waals surface area contributed by atoms with Gasteiger partial charge in [-0.05, 0) is 30.3 Å². The van der Waals surface area contributed by atoms with E-state index < -0.39 is 10.0 Å². The summed E-state index contributed by atoms with van der Waals surface area (Å²) >= 11 is 5.78. The highest BCUT2D eigenvalue weighted by Gasteiger charge is 2.17. The van der Waals surface area contributed by atoms with Crippen molar-refractivity contribution in [1.29, 1.82) is 0 Å². The summed E-state index contributed by atoms with van der Waals surface area (Å²) in [4.78, 5) is 4.00. The molecule has 100 valence electrons. The molecule has 2 rings (SSSR count). The summed E-state index contributed by atoms with van der Waals surface area (Å²) in [6.07, 6.45) is 1.47. The second-order valence-corrected chi connectivity index (χ2v) is 5.74. The maximum Gasteiger partial charge on any atom is 0.263 e. The van der Waals surface area contributed by atoms with Crippen LogP contribution in [0.3, 0.4) is 0 Å². The number of benzene rings is 1. The van der Waals surface area contributed by atoms with E-state index in [-0.39, 0.29) is 10.7 Å². The highest BCUT2D eigenvalue weighted by molar-refractivity contribution is 7.92. The van der Waals surface area contributed by atoms with Crippen molar-refractivity contribution in [1.82, 2.24) is 4.98 Å². The zero-order chi connectivity index (χ0) is 13.9. The monoisotopic (exact) mass is 298 g/mol. The van der Waals surface area contributed by atoms with Crippen LogP contribution in [-0.2, 0) is 10.0 Å². The van der Waals surface area contributed by atoms with E-state index in [9.17, 15) is 8.42 Å². The third-order valence-electron chi connectivity index (χ3n) is 2.33. The number of pyridine rings is 1. The molecule has 0 amide bonds. The molecule has 1 N–H and O–H groups in total. The lowest BCUT2D eigenvalue weighted by atomic mass is 10.4. The van der Waals surface area contributed by atoms with Gasteiger partial charge in [0.2, 0.25) is 0 Å². The first kappa shape index (κ1) is 13.6. The summed E-state index contributed by atoms with van der Waals surface area (Å²) in [6.45, 7) is 0. The van der Waals surface area contributed by atoms with E-state index in [2.05, 4.69) is 9.71 Å². The molecule has 0 saturated carbocycles. The van der Waals surface area contributed by atoms with Crippen molar-refractivity contribution < 1.29 is 13.2 Å². The highest BCUT2D eigenvalue weighted by Crippen LogP contribution is 2.24. The Kier molecular flexibility index (Phi) is 3.92. The second-order valence-electron chi connectivity index (χ2n) is 3.62. The Morgan fingerprint density at radius 2 is 2.05 bits per heavy atom. The van der Waals surface area contributed by atoms with Crippen LogP contribution in [0.15, 0.2) is 47.5 Å². The van der Waals surface area contributed by atoms with Crippen molar-refractivity contribution in [2.45, 2.75) is 4.90 Å². The zero-order valence-electron chi connectivity index (χ0n) is 10.00. The van der Waals surface area contributed by atoms with Crippen molar-refractivity contribution in [3.05, 3.63) is 47.6 Å². The van der Waals surface area contributed by atoms with Crippen LogP contribution in [0.5, 0.6) is 5.75 Å². The number of hydrogen-bond acceptors (Lipinski definition) is 4. The molecule has 19 heavy (non-hydrogen) atoms. The van der Waals surface area contributed by atoms with Gasteiger partial charge < -0.3 is 4.74 Å². The van der Waals surface area contributed by atoms with Crippen molar-refractivity contribution in [2.75, 3.05) is 11.8 Å². The lowest BCUT2D eigenvalue weighted by Gasteiger charge is -2.10. The largest absolute Gasteiger partial charge is 0.493 e. The van der Waals surface area contributed by atoms with Crippen molar-refractivity contribution in [2.24, 2.45) is 0 Å². The Morgan fingerprint density at radius 1 is 1.26 bits per heavy atom. The lowest BCUT2D eigenvalue weighted by molar-refractivity contribution is 0.415. The van der Waals surface area contributed by atoms with Crippen LogP contribution in [-0.4, -0.2) is 20.5 Å². The summed E-state index contributed by atoms with van der Waals surface area (Å²) in [5.41, 5.74) is 0. The maximum atomic E-state index is 12.2. The van der Waals surface area contributed by atoms with E-state index >= 15 is 0 Å². The van der Waals surface area contributed by atoms with E-state index in [1.54, 1.807) is 24.3 Å². The number of aromatic nitrogens is 1. The topological polar surface area (TPSA) is 68.3 Å². The van der Waals surface area contributed by atoms with Crippen LogP contribution in [0.4, 0.5) is 5.82 Å². The van der Waals surface area contributed by atoms with Gasteiger partial charge in [0, 0.05) is 11.2 Å². The molecule has 1 aromatic carbocycles. The molecule has 0 radical (unpaired) electrons. The predicted octanol–water partition coefficient (Wildman–Crippen LogP) is 2.54. The normalized spacial score (nSPS) is 11.1. The third-order valence-corrected chi connectivity index (χ3v) is 3.90. The van der Waals surface area contributed by atoms with Crippen molar-refractivity contribution in [3.8, 4) is 5.75 Å². The maximum absolute atomic E-state index is 12.2. The smallest absolute Gasteiger partial charge is 0.263 e. The molecule has 0 aliphatic heterocycles. The lowest BCUT2D eigenvalue weighted by Crippen LogP contribution is -2.14. The molecule has 0 atom stereocenters. The van der Waals surface area contributed by atoms with Crippen LogP contribution in [0.25, 0.3) is 0 Å². The van der Waals surface area contributed by atoms with Crippen LogP contribution in [0, 0.1) is 0 Å². The molecule has 0 aliphatic rings. The molecular weight excluding hydrogens is 288 g/mol. The van der Waals surface area contributed by atoms with Crippen LogP contribution >= 0.6 is 11.6 Å². The van der Waals surface area contributed by atoms with Crippen LogP contribution in [0.1, 0.15) is 0 Å². The van der Waals surface area contributed by atoms with Gasteiger partial charge in [0.1, 0.15) is 0 Å². The quantitative estimate of drug-likeness (QED) is 0.942. The molecule has 0 saturated heterocycles. The van der Waals surface area contributed by atoms with Gasteiger partial charge in [-0.2, -0.15) is 0 Å². The van der Waals surface area contributed by atoms with Crippen molar-refractivity contribution in [3.63, 3.8) is 0 Å². The first-order valence-electron chi connectivity index (χ1n) is 5.30. The summed E-state index contributed by atoms with van der Waals surface area (Å²) in [5, 5.41) is 0.343. The number of halogens is 1. The van der Waals surface area contributed by atoms with Gasteiger partial charge in [-0.1, -0.05) is 17.7 Å². The third kappa shape index (κ3) is 3.15. The molecule has 7 heteroatoms. The average Bonchev–Trinajstić information content (AvgIpc) is 2.39. The second kappa shape index (κ2) is 5.46. The van der Waals surface area contributed by atoms with E-state index in [0.29, 0.717) is 10.8 Å². The van der Waals surface area contributed by atoms with Crippen molar-refractivity contribution >= 4 is 27.4 Å². The first-order valence-corrected chi connectivity index (χ1v) is 7.16. The molecule has 5 nitrogen and oxygen atoms in total. The number of rotatable bonds is 4. The van der Waals surface area contributed by atoms with Crippen LogP contribution in [0.2, 0.25) is 5.02 Å². The Morgan fingerprint density at radius 3 is 2.74 bits per heavy atom. The SMILES string of the molecule is COc1cccnc1NS(=O)(=O)c1cccc(Cl)c1. The fraction of sp³-hybridized carbons (Fsp3) is 0.0833. The number of sulfonamides is 1. The van der Waals surface area contributed by atoms with Gasteiger partial charge in [0.05, 0.1) is 12.0 Å². The minimum atomic E-state index is -3.75. The minimum absolute atomic E-state index is 0.0627. The molecule has 2 aromatic rings. The van der Waals surface area contributed by atoms with Gasteiger partial charge in [-0.3, -0.25) is 4.72 Å². The van der Waals surface area contributed by atoms with E-state index in [4.69, 9.17) is 16.3 Å². The number of anilines is 1. The Hall–Kier alpha value is -1.79. The number of nitrogens with zero attached hydrogens (tertiary/aromatic N) is 1. The van der Waals surface area contributed by atoms with E-state index in [1.807, 2.05) is 0 Å². The number of nitrogens with one attached hydrogen (secondary N) is 1. The molecule has 0 spiro atoms.